The zero-order valence-electron chi connectivity index (χ0n) is 17.5. The number of nitrogens with zero attached hydrogens (tertiary/aromatic N) is 2. The molecule has 0 radical (unpaired) electrons. The number of hydrogen-bond donors (Lipinski definition) is 3. The summed E-state index contributed by atoms with van der Waals surface area (Å²) in [7, 11) is 1.28. The predicted molar refractivity (Wildman–Crippen MR) is 116 cm³/mol. The van der Waals surface area contributed by atoms with E-state index < -0.39 is 5.97 Å². The third-order valence-corrected chi connectivity index (χ3v) is 5.25. The highest BCUT2D eigenvalue weighted by molar-refractivity contribution is 5.98. The smallest absolute Gasteiger partial charge is 0.341 e. The van der Waals surface area contributed by atoms with Crippen LogP contribution in [0.4, 0.5) is 5.69 Å². The molecule has 0 saturated carbocycles. The van der Waals surface area contributed by atoms with E-state index in [0.717, 1.165) is 31.6 Å². The first-order valence-electron chi connectivity index (χ1n) is 10.1. The number of methoxy groups -OCH3 is 1. The van der Waals surface area contributed by atoms with Gasteiger partial charge in [-0.2, -0.15) is 0 Å². The number of hydrogen-bond acceptors (Lipinski definition) is 7. The summed E-state index contributed by atoms with van der Waals surface area (Å²) in [6.45, 7) is 2.11. The SMILES string of the molecule is COC(=O)c1ccc(C(=N)N)cc1OCCNC(=O)C1CCN(c2ccncc2)CC1. The van der Waals surface area contributed by atoms with Crippen LogP contribution in [0.5, 0.6) is 5.75 Å². The Kier molecular flexibility index (Phi) is 7.42. The van der Waals surface area contributed by atoms with Gasteiger partial charge in [-0.1, -0.05) is 6.07 Å². The van der Waals surface area contributed by atoms with Crippen LogP contribution in [0.2, 0.25) is 0 Å². The Balaban J connectivity index is 1.47. The van der Waals surface area contributed by atoms with Gasteiger partial charge in [0.2, 0.25) is 5.91 Å². The predicted octanol–water partition coefficient (Wildman–Crippen LogP) is 1.56. The van der Waals surface area contributed by atoms with Gasteiger partial charge in [-0.25, -0.2) is 4.79 Å². The van der Waals surface area contributed by atoms with Gasteiger partial charge in [0, 0.05) is 42.7 Å². The van der Waals surface area contributed by atoms with Crippen molar-refractivity contribution in [2.24, 2.45) is 11.7 Å². The lowest BCUT2D eigenvalue weighted by molar-refractivity contribution is -0.125. The topological polar surface area (TPSA) is 131 Å². The van der Waals surface area contributed by atoms with E-state index in [1.165, 1.54) is 19.2 Å². The molecule has 0 atom stereocenters. The number of carbonyl (C=O) groups is 2. The number of amides is 1. The number of pyridine rings is 1. The van der Waals surface area contributed by atoms with Crippen molar-refractivity contribution in [3.63, 3.8) is 0 Å². The van der Waals surface area contributed by atoms with E-state index in [2.05, 4.69) is 15.2 Å². The molecule has 0 spiro atoms. The molecule has 1 aliphatic rings. The van der Waals surface area contributed by atoms with Crippen LogP contribution in [-0.4, -0.2) is 56.0 Å². The van der Waals surface area contributed by atoms with Crippen molar-refractivity contribution in [1.82, 2.24) is 10.3 Å². The maximum Gasteiger partial charge on any atom is 0.341 e. The average molecular weight is 425 g/mol. The lowest BCUT2D eigenvalue weighted by Crippen LogP contribution is -2.41. The molecule has 1 aromatic carbocycles. The van der Waals surface area contributed by atoms with Crippen molar-refractivity contribution in [2.75, 3.05) is 38.3 Å². The molecule has 9 nitrogen and oxygen atoms in total. The molecule has 1 fully saturated rings. The number of carbonyl (C=O) groups excluding carboxylic acids is 2. The third kappa shape index (κ3) is 5.71. The van der Waals surface area contributed by atoms with Gasteiger partial charge in [0.25, 0.3) is 0 Å². The second-order valence-electron chi connectivity index (χ2n) is 7.22. The molecule has 0 bridgehead atoms. The number of benzene rings is 1. The number of piperidine rings is 1. The molecule has 164 valence electrons. The Morgan fingerprint density at radius 1 is 1.23 bits per heavy atom. The van der Waals surface area contributed by atoms with Gasteiger partial charge in [-0.15, -0.1) is 0 Å². The van der Waals surface area contributed by atoms with Crippen molar-refractivity contribution in [3.8, 4) is 5.75 Å². The van der Waals surface area contributed by atoms with E-state index in [9.17, 15) is 9.59 Å². The van der Waals surface area contributed by atoms with Gasteiger partial charge in [-0.05, 0) is 37.1 Å². The van der Waals surface area contributed by atoms with E-state index in [-0.39, 0.29) is 35.6 Å². The molecule has 0 aliphatic carbocycles. The monoisotopic (exact) mass is 425 g/mol. The second kappa shape index (κ2) is 10.4. The van der Waals surface area contributed by atoms with Gasteiger partial charge in [0.05, 0.1) is 13.7 Å². The molecule has 2 heterocycles. The van der Waals surface area contributed by atoms with Crippen molar-refractivity contribution >= 4 is 23.4 Å². The molecule has 9 heteroatoms. The number of rotatable bonds is 8. The van der Waals surface area contributed by atoms with Gasteiger partial charge in [0.1, 0.15) is 23.8 Å². The van der Waals surface area contributed by atoms with Crippen molar-refractivity contribution in [2.45, 2.75) is 12.8 Å². The first-order valence-corrected chi connectivity index (χ1v) is 10.1. The molecule has 1 aromatic heterocycles. The summed E-state index contributed by atoms with van der Waals surface area (Å²) in [5, 5.41) is 10.5. The van der Waals surface area contributed by atoms with E-state index in [4.69, 9.17) is 20.6 Å². The lowest BCUT2D eigenvalue weighted by atomic mass is 9.95. The molecule has 2 aromatic rings. The number of anilines is 1. The van der Waals surface area contributed by atoms with Gasteiger partial charge < -0.3 is 25.4 Å². The summed E-state index contributed by atoms with van der Waals surface area (Å²) in [5.41, 5.74) is 7.31. The first kappa shape index (κ1) is 22.1. The van der Waals surface area contributed by atoms with Crippen molar-refractivity contribution in [3.05, 3.63) is 53.9 Å². The number of nitrogens with one attached hydrogen (secondary N) is 2. The number of amidine groups is 1. The molecule has 0 unspecified atom stereocenters. The van der Waals surface area contributed by atoms with Crippen LogP contribution in [0.3, 0.4) is 0 Å². The summed E-state index contributed by atoms with van der Waals surface area (Å²) >= 11 is 0. The van der Waals surface area contributed by atoms with Crippen LogP contribution < -0.4 is 20.7 Å². The van der Waals surface area contributed by atoms with E-state index in [1.54, 1.807) is 18.5 Å². The molecule has 1 amide bonds. The number of esters is 1. The maximum absolute atomic E-state index is 12.5. The average Bonchev–Trinajstić information content (AvgIpc) is 2.81. The summed E-state index contributed by atoms with van der Waals surface area (Å²) in [6, 6.07) is 8.53. The van der Waals surface area contributed by atoms with Crippen molar-refractivity contribution in [1.29, 1.82) is 5.41 Å². The van der Waals surface area contributed by atoms with E-state index in [1.807, 2.05) is 12.1 Å². The zero-order valence-corrected chi connectivity index (χ0v) is 17.5. The van der Waals surface area contributed by atoms with E-state index >= 15 is 0 Å². The van der Waals surface area contributed by atoms with Crippen LogP contribution in [0.1, 0.15) is 28.8 Å². The maximum atomic E-state index is 12.5. The van der Waals surface area contributed by atoms with Crippen LogP contribution in [0.25, 0.3) is 0 Å². The second-order valence-corrected chi connectivity index (χ2v) is 7.22. The molecular formula is C22H27N5O4. The van der Waals surface area contributed by atoms with Crippen LogP contribution in [0.15, 0.2) is 42.7 Å². The fourth-order valence-corrected chi connectivity index (χ4v) is 3.52. The number of ether oxygens (including phenoxy) is 2. The number of aromatic nitrogens is 1. The van der Waals surface area contributed by atoms with Gasteiger partial charge >= 0.3 is 5.97 Å². The van der Waals surface area contributed by atoms with Crippen LogP contribution >= 0.6 is 0 Å². The first-order chi connectivity index (χ1) is 15.0. The number of nitrogen functional groups attached to an aromatic ring is 1. The highest BCUT2D eigenvalue weighted by atomic mass is 16.5. The Bertz CT molecular complexity index is 927. The summed E-state index contributed by atoms with van der Waals surface area (Å²) in [5.74, 6) is -0.448. The van der Waals surface area contributed by atoms with Crippen molar-refractivity contribution < 1.29 is 19.1 Å². The normalized spacial score (nSPS) is 14.0. The Morgan fingerprint density at radius 3 is 2.58 bits per heavy atom. The largest absolute Gasteiger partial charge is 0.491 e. The van der Waals surface area contributed by atoms with E-state index in [0.29, 0.717) is 12.1 Å². The minimum absolute atomic E-state index is 0.00339. The minimum Gasteiger partial charge on any atom is -0.491 e. The summed E-state index contributed by atoms with van der Waals surface area (Å²) in [4.78, 5) is 30.7. The van der Waals surface area contributed by atoms with Crippen LogP contribution in [0, 0.1) is 11.3 Å². The molecule has 4 N–H and O–H groups in total. The fourth-order valence-electron chi connectivity index (χ4n) is 3.52. The third-order valence-electron chi connectivity index (χ3n) is 5.25. The lowest BCUT2D eigenvalue weighted by Gasteiger charge is -2.32. The molecule has 1 saturated heterocycles. The minimum atomic E-state index is -0.546. The Hall–Kier alpha value is -3.62. The highest BCUT2D eigenvalue weighted by Crippen LogP contribution is 2.23. The number of nitrogens with two attached hydrogens (primary N) is 1. The zero-order chi connectivity index (χ0) is 22.2. The Morgan fingerprint density at radius 2 is 1.94 bits per heavy atom. The molecule has 31 heavy (non-hydrogen) atoms. The molecule has 3 rings (SSSR count). The summed E-state index contributed by atoms with van der Waals surface area (Å²) in [6.07, 6.45) is 5.10. The Labute approximate surface area is 181 Å². The fraction of sp³-hybridized carbons (Fsp3) is 0.364. The van der Waals surface area contributed by atoms with Gasteiger partial charge in [-0.3, -0.25) is 15.2 Å². The summed E-state index contributed by atoms with van der Waals surface area (Å²) < 4.78 is 10.4. The quantitative estimate of drug-likeness (QED) is 0.253. The highest BCUT2D eigenvalue weighted by Gasteiger charge is 2.25. The standard InChI is InChI=1S/C22H27N5O4/c1-30-22(29)18-3-2-16(20(23)24)14-19(18)31-13-10-26-21(28)15-6-11-27(12-7-15)17-4-8-25-9-5-17/h2-5,8-9,14-15H,6-7,10-13H2,1H3,(H3,23,24)(H,26,28). The molecule has 1 aliphatic heterocycles. The van der Waals surface area contributed by atoms with Crippen LogP contribution in [-0.2, 0) is 9.53 Å². The van der Waals surface area contributed by atoms with Gasteiger partial charge in [0.15, 0.2) is 0 Å². The molecular weight excluding hydrogens is 398 g/mol.